The zero-order valence-electron chi connectivity index (χ0n) is 15.6. The lowest BCUT2D eigenvalue weighted by molar-refractivity contribution is -0.255. The van der Waals surface area contributed by atoms with Crippen molar-refractivity contribution in [2.75, 3.05) is 5.32 Å². The average molecular weight is 378 g/mol. The summed E-state index contributed by atoms with van der Waals surface area (Å²) < 4.78 is 0.844. The summed E-state index contributed by atoms with van der Waals surface area (Å²) in [5, 5.41) is 18.2. The number of aromatic nitrogens is 2. The normalized spacial score (nSPS) is 11.9. The van der Waals surface area contributed by atoms with Gasteiger partial charge in [-0.3, -0.25) is 9.59 Å². The molecule has 0 bridgehead atoms. The summed E-state index contributed by atoms with van der Waals surface area (Å²) in [6.45, 7) is 3.83. The Hall–Kier alpha value is -3.48. The number of anilines is 1. The second-order valence-corrected chi connectivity index (χ2v) is 6.62. The van der Waals surface area contributed by atoms with Gasteiger partial charge in [0, 0.05) is 11.1 Å². The van der Waals surface area contributed by atoms with Gasteiger partial charge in [-0.25, -0.2) is 4.68 Å². The second-order valence-electron chi connectivity index (χ2n) is 6.62. The van der Waals surface area contributed by atoms with E-state index in [0.717, 1.165) is 11.1 Å². The molecule has 0 aliphatic carbocycles. The first-order chi connectivity index (χ1) is 13.4. The first kappa shape index (κ1) is 19.3. The van der Waals surface area contributed by atoms with Gasteiger partial charge in [0.1, 0.15) is 12.2 Å². The molecule has 7 heteroatoms. The van der Waals surface area contributed by atoms with E-state index in [2.05, 4.69) is 24.3 Å². The van der Waals surface area contributed by atoms with Crippen LogP contribution >= 0.6 is 0 Å². The number of fused-ring (bicyclic) bond motifs is 1. The standard InChI is InChI=1S/C21H21N3O4/c1-3-13(2)14-8-10-15(11-9-14)22-18(25)12-24-20(26)17-7-5-4-6-16(17)19(23-24)21(27)28/h4-11,13H,3,12H2,1-2H3,(H,22,25)(H,27,28)/p-1/t13-/m1/s1. The monoisotopic (exact) mass is 378 g/mol. The second kappa shape index (κ2) is 8.04. The van der Waals surface area contributed by atoms with Crippen LogP contribution in [-0.4, -0.2) is 21.7 Å². The Kier molecular flexibility index (Phi) is 5.54. The number of carboxylic acids is 1. The van der Waals surface area contributed by atoms with Crippen LogP contribution in [0.3, 0.4) is 0 Å². The van der Waals surface area contributed by atoms with Crippen molar-refractivity contribution in [3.05, 3.63) is 70.1 Å². The van der Waals surface area contributed by atoms with Gasteiger partial charge in [0.25, 0.3) is 5.56 Å². The lowest BCUT2D eigenvalue weighted by atomic mass is 9.99. The first-order valence-electron chi connectivity index (χ1n) is 9.01. The first-order valence-corrected chi connectivity index (χ1v) is 9.01. The number of rotatable bonds is 6. The Morgan fingerprint density at radius 3 is 2.36 bits per heavy atom. The molecular formula is C21H20N3O4-. The van der Waals surface area contributed by atoms with E-state index in [1.807, 2.05) is 12.1 Å². The van der Waals surface area contributed by atoms with E-state index in [0.29, 0.717) is 11.6 Å². The van der Waals surface area contributed by atoms with Crippen molar-refractivity contribution in [1.29, 1.82) is 0 Å². The van der Waals surface area contributed by atoms with E-state index in [1.54, 1.807) is 24.3 Å². The van der Waals surface area contributed by atoms with Gasteiger partial charge in [-0.15, -0.1) is 0 Å². The molecule has 0 aliphatic heterocycles. The van der Waals surface area contributed by atoms with E-state index in [-0.39, 0.29) is 16.5 Å². The molecule has 0 saturated carbocycles. The average Bonchev–Trinajstić information content (AvgIpc) is 2.70. The number of nitrogens with one attached hydrogen (secondary N) is 1. The molecule has 2 aromatic carbocycles. The predicted molar refractivity (Wildman–Crippen MR) is 104 cm³/mol. The number of benzene rings is 2. The molecule has 1 atom stereocenters. The molecule has 0 unspecified atom stereocenters. The molecular weight excluding hydrogens is 358 g/mol. The highest BCUT2D eigenvalue weighted by molar-refractivity contribution is 6.00. The number of aromatic carboxylic acids is 1. The number of hydrogen-bond donors (Lipinski definition) is 1. The van der Waals surface area contributed by atoms with Gasteiger partial charge in [0.15, 0.2) is 0 Å². The van der Waals surface area contributed by atoms with E-state index >= 15 is 0 Å². The number of carbonyl (C=O) groups is 2. The van der Waals surface area contributed by atoms with Crippen LogP contribution in [0.5, 0.6) is 0 Å². The summed E-state index contributed by atoms with van der Waals surface area (Å²) in [5.41, 5.74) is 0.848. The molecule has 144 valence electrons. The minimum absolute atomic E-state index is 0.169. The van der Waals surface area contributed by atoms with Crippen molar-refractivity contribution in [2.24, 2.45) is 0 Å². The third kappa shape index (κ3) is 3.93. The summed E-state index contributed by atoms with van der Waals surface area (Å²) in [5.74, 6) is -1.57. The third-order valence-electron chi connectivity index (χ3n) is 4.73. The Morgan fingerprint density at radius 1 is 1.11 bits per heavy atom. The number of carbonyl (C=O) groups excluding carboxylic acids is 2. The van der Waals surface area contributed by atoms with Crippen molar-refractivity contribution in [1.82, 2.24) is 9.78 Å². The number of carboxylic acid groups (broad SMARTS) is 1. The van der Waals surface area contributed by atoms with E-state index in [9.17, 15) is 19.5 Å². The molecule has 1 aromatic heterocycles. The Morgan fingerprint density at radius 2 is 1.75 bits per heavy atom. The quantitative estimate of drug-likeness (QED) is 0.706. The maximum Gasteiger partial charge on any atom is 0.275 e. The Bertz CT molecular complexity index is 1090. The maximum absolute atomic E-state index is 12.6. The fourth-order valence-electron chi connectivity index (χ4n) is 2.96. The molecule has 3 aromatic rings. The highest BCUT2D eigenvalue weighted by Crippen LogP contribution is 2.20. The minimum atomic E-state index is -1.51. The van der Waals surface area contributed by atoms with E-state index in [1.165, 1.54) is 17.7 Å². The van der Waals surface area contributed by atoms with Gasteiger partial charge in [-0.1, -0.05) is 44.2 Å². The van der Waals surface area contributed by atoms with E-state index in [4.69, 9.17) is 0 Å². The molecule has 28 heavy (non-hydrogen) atoms. The van der Waals surface area contributed by atoms with Crippen LogP contribution in [0.2, 0.25) is 0 Å². The number of amides is 1. The van der Waals surface area contributed by atoms with Crippen molar-refractivity contribution >= 4 is 28.3 Å². The van der Waals surface area contributed by atoms with Crippen LogP contribution in [0.1, 0.15) is 42.2 Å². The van der Waals surface area contributed by atoms with Crippen LogP contribution in [-0.2, 0) is 11.3 Å². The fourth-order valence-corrected chi connectivity index (χ4v) is 2.96. The highest BCUT2D eigenvalue weighted by Gasteiger charge is 2.13. The van der Waals surface area contributed by atoms with Gasteiger partial charge in [-0.2, -0.15) is 5.10 Å². The molecule has 1 amide bonds. The third-order valence-corrected chi connectivity index (χ3v) is 4.73. The zero-order valence-corrected chi connectivity index (χ0v) is 15.6. The SMILES string of the molecule is CC[C@@H](C)c1ccc(NC(=O)Cn2nc(C(=O)[O-])c3ccccc3c2=O)cc1. The maximum atomic E-state index is 12.6. The molecule has 1 heterocycles. The van der Waals surface area contributed by atoms with Crippen molar-refractivity contribution in [3.8, 4) is 0 Å². The molecule has 0 fully saturated rings. The fraction of sp³-hybridized carbons (Fsp3) is 0.238. The smallest absolute Gasteiger partial charge is 0.275 e. The summed E-state index contributed by atoms with van der Waals surface area (Å²) in [4.78, 5) is 36.3. The lowest BCUT2D eigenvalue weighted by Gasteiger charge is -2.12. The molecule has 0 saturated heterocycles. The van der Waals surface area contributed by atoms with Gasteiger partial charge < -0.3 is 15.2 Å². The Labute approximate surface area is 161 Å². The van der Waals surface area contributed by atoms with Crippen LogP contribution in [0, 0.1) is 0 Å². The van der Waals surface area contributed by atoms with Gasteiger partial charge in [0.2, 0.25) is 5.91 Å². The molecule has 0 spiro atoms. The van der Waals surface area contributed by atoms with Crippen LogP contribution in [0.4, 0.5) is 5.69 Å². The lowest BCUT2D eigenvalue weighted by Crippen LogP contribution is -2.34. The summed E-state index contributed by atoms with van der Waals surface area (Å²) in [6, 6.07) is 13.7. The van der Waals surface area contributed by atoms with Crippen LogP contribution in [0.15, 0.2) is 53.3 Å². The summed E-state index contributed by atoms with van der Waals surface area (Å²) in [6.07, 6.45) is 1.02. The minimum Gasteiger partial charge on any atom is -0.543 e. The zero-order chi connectivity index (χ0) is 20.3. The van der Waals surface area contributed by atoms with Crippen molar-refractivity contribution in [3.63, 3.8) is 0 Å². The largest absolute Gasteiger partial charge is 0.543 e. The molecule has 3 rings (SSSR count). The van der Waals surface area contributed by atoms with Crippen LogP contribution < -0.4 is 16.0 Å². The van der Waals surface area contributed by atoms with E-state index < -0.39 is 24.0 Å². The molecule has 1 N–H and O–H groups in total. The number of nitrogens with zero attached hydrogens (tertiary/aromatic N) is 2. The topological polar surface area (TPSA) is 104 Å². The Balaban J connectivity index is 1.84. The van der Waals surface area contributed by atoms with Gasteiger partial charge in [0.05, 0.1) is 11.4 Å². The number of hydrogen-bond acceptors (Lipinski definition) is 5. The van der Waals surface area contributed by atoms with Gasteiger partial charge in [-0.05, 0) is 36.1 Å². The molecule has 0 aliphatic rings. The highest BCUT2D eigenvalue weighted by atomic mass is 16.4. The molecule has 0 radical (unpaired) electrons. The summed E-state index contributed by atoms with van der Waals surface area (Å²) >= 11 is 0. The predicted octanol–water partition coefficient (Wildman–Crippen LogP) is 1.91. The van der Waals surface area contributed by atoms with Crippen molar-refractivity contribution < 1.29 is 14.7 Å². The van der Waals surface area contributed by atoms with Crippen molar-refractivity contribution in [2.45, 2.75) is 32.7 Å². The van der Waals surface area contributed by atoms with Gasteiger partial charge >= 0.3 is 0 Å². The van der Waals surface area contributed by atoms with Crippen LogP contribution in [0.25, 0.3) is 10.8 Å². The summed E-state index contributed by atoms with van der Waals surface area (Å²) in [7, 11) is 0. The molecule has 7 nitrogen and oxygen atoms in total.